The summed E-state index contributed by atoms with van der Waals surface area (Å²) in [5, 5.41) is 7.33. The first-order chi connectivity index (χ1) is 19.2. The summed E-state index contributed by atoms with van der Waals surface area (Å²) in [5.74, 6) is -1.04. The van der Waals surface area contributed by atoms with E-state index in [2.05, 4.69) is 10.2 Å². The van der Waals surface area contributed by atoms with E-state index < -0.39 is 27.8 Å². The van der Waals surface area contributed by atoms with Crippen LogP contribution in [0, 0.1) is 12.7 Å². The standard InChI is InChI=1S/C30H27FN4O4S/c1-20-11-14-24(15-12-20)40(37,38)35(30(36)27(32)17-21-7-3-2-4-8-21)29-25-18-23(13-16-28(25)33-34-29)39-19-22-9-5-6-10-26(22)31/h2-16,18,27H,17,19,32H2,1H3,(H,33,34)/t27-/m0/s1. The lowest BCUT2D eigenvalue weighted by atomic mass is 10.1. The van der Waals surface area contributed by atoms with Gasteiger partial charge in [0, 0.05) is 10.9 Å². The normalized spacial score (nSPS) is 12.3. The van der Waals surface area contributed by atoms with Gasteiger partial charge in [-0.15, -0.1) is 0 Å². The van der Waals surface area contributed by atoms with E-state index >= 15 is 0 Å². The van der Waals surface area contributed by atoms with Gasteiger partial charge in [-0.1, -0.05) is 66.2 Å². The zero-order chi connectivity index (χ0) is 28.3. The van der Waals surface area contributed by atoms with Gasteiger partial charge in [0.15, 0.2) is 5.82 Å². The molecule has 0 bridgehead atoms. The molecule has 0 aliphatic heterocycles. The largest absolute Gasteiger partial charge is 0.489 e. The minimum absolute atomic E-state index is 0.0440. The summed E-state index contributed by atoms with van der Waals surface area (Å²) < 4.78 is 48.4. The van der Waals surface area contributed by atoms with Crippen LogP contribution in [0.15, 0.2) is 102 Å². The number of fused-ring (bicyclic) bond motifs is 1. The van der Waals surface area contributed by atoms with E-state index in [4.69, 9.17) is 10.5 Å². The van der Waals surface area contributed by atoms with Crippen molar-refractivity contribution in [3.63, 3.8) is 0 Å². The number of nitrogens with one attached hydrogen (secondary N) is 1. The minimum atomic E-state index is -4.41. The maximum Gasteiger partial charge on any atom is 0.272 e. The smallest absolute Gasteiger partial charge is 0.272 e. The second-order valence-electron chi connectivity index (χ2n) is 9.35. The Kier molecular flexibility index (Phi) is 7.63. The van der Waals surface area contributed by atoms with Gasteiger partial charge in [0.1, 0.15) is 18.2 Å². The van der Waals surface area contributed by atoms with Crippen molar-refractivity contribution in [1.29, 1.82) is 0 Å². The molecule has 0 aliphatic carbocycles. The summed E-state index contributed by atoms with van der Waals surface area (Å²) in [6.07, 6.45) is 0.124. The predicted octanol–water partition coefficient (Wildman–Crippen LogP) is 4.88. The highest BCUT2D eigenvalue weighted by atomic mass is 32.2. The molecule has 0 aliphatic rings. The van der Waals surface area contributed by atoms with Crippen molar-refractivity contribution in [2.75, 3.05) is 4.31 Å². The number of aromatic nitrogens is 2. The number of nitrogens with two attached hydrogens (primary N) is 1. The molecule has 0 spiro atoms. The molecule has 5 rings (SSSR count). The molecule has 0 fully saturated rings. The zero-order valence-electron chi connectivity index (χ0n) is 21.6. The van der Waals surface area contributed by atoms with Crippen LogP contribution in [0.3, 0.4) is 0 Å². The summed E-state index contributed by atoms with van der Waals surface area (Å²) in [6.45, 7) is 1.79. The molecule has 40 heavy (non-hydrogen) atoms. The van der Waals surface area contributed by atoms with Crippen LogP contribution in [0.5, 0.6) is 5.75 Å². The lowest BCUT2D eigenvalue weighted by molar-refractivity contribution is -0.118. The first kappa shape index (κ1) is 27.0. The molecule has 204 valence electrons. The number of benzene rings is 4. The third kappa shape index (κ3) is 5.58. The number of rotatable bonds is 9. The molecule has 1 heterocycles. The van der Waals surface area contributed by atoms with Crippen LogP contribution in [0.4, 0.5) is 10.2 Å². The van der Waals surface area contributed by atoms with E-state index in [0.717, 1.165) is 11.1 Å². The molecule has 0 saturated heterocycles. The quantitative estimate of drug-likeness (QED) is 0.266. The van der Waals surface area contributed by atoms with Gasteiger partial charge >= 0.3 is 0 Å². The fourth-order valence-corrected chi connectivity index (χ4v) is 5.69. The van der Waals surface area contributed by atoms with Gasteiger partial charge in [0.05, 0.1) is 16.5 Å². The van der Waals surface area contributed by atoms with Crippen LogP contribution in [0.2, 0.25) is 0 Å². The molecule has 10 heteroatoms. The maximum atomic E-state index is 14.1. The topological polar surface area (TPSA) is 118 Å². The second-order valence-corrected chi connectivity index (χ2v) is 11.1. The van der Waals surface area contributed by atoms with Gasteiger partial charge in [0.25, 0.3) is 15.9 Å². The molecule has 4 aromatic carbocycles. The lowest BCUT2D eigenvalue weighted by Gasteiger charge is -2.24. The monoisotopic (exact) mass is 558 g/mol. The summed E-state index contributed by atoms with van der Waals surface area (Å²) >= 11 is 0. The summed E-state index contributed by atoms with van der Waals surface area (Å²) in [7, 11) is -4.41. The minimum Gasteiger partial charge on any atom is -0.489 e. The molecule has 3 N–H and O–H groups in total. The van der Waals surface area contributed by atoms with Crippen molar-refractivity contribution < 1.29 is 22.3 Å². The SMILES string of the molecule is Cc1ccc(S(=O)(=O)N(C(=O)[C@@H](N)Cc2ccccc2)c2n[nH]c3ccc(OCc4ccccc4F)cc23)cc1. The van der Waals surface area contributed by atoms with Crippen molar-refractivity contribution in [3.05, 3.63) is 120 Å². The zero-order valence-corrected chi connectivity index (χ0v) is 22.4. The number of aryl methyl sites for hydroxylation is 1. The number of H-pyrrole nitrogens is 1. The van der Waals surface area contributed by atoms with Crippen LogP contribution in [0.25, 0.3) is 10.9 Å². The van der Waals surface area contributed by atoms with Crippen LogP contribution < -0.4 is 14.8 Å². The van der Waals surface area contributed by atoms with E-state index in [1.807, 2.05) is 37.3 Å². The third-order valence-electron chi connectivity index (χ3n) is 6.43. The highest BCUT2D eigenvalue weighted by Crippen LogP contribution is 2.32. The number of hydrogen-bond donors (Lipinski definition) is 2. The summed E-state index contributed by atoms with van der Waals surface area (Å²) in [6, 6.07) is 25.2. The molecular formula is C30H27FN4O4S. The highest BCUT2D eigenvalue weighted by molar-refractivity contribution is 7.93. The molecule has 1 amide bonds. The van der Waals surface area contributed by atoms with Crippen molar-refractivity contribution in [2.24, 2.45) is 5.73 Å². The second kappa shape index (κ2) is 11.3. The molecule has 5 aromatic rings. The maximum absolute atomic E-state index is 14.1. The predicted molar refractivity (Wildman–Crippen MR) is 151 cm³/mol. The number of hydrogen-bond acceptors (Lipinski definition) is 6. The van der Waals surface area contributed by atoms with E-state index in [1.54, 1.807) is 48.5 Å². The van der Waals surface area contributed by atoms with E-state index in [1.165, 1.54) is 18.2 Å². The Bertz CT molecular complexity index is 1760. The van der Waals surface area contributed by atoms with Gasteiger partial charge in [0.2, 0.25) is 0 Å². The Labute approximate surface area is 231 Å². The Morgan fingerprint density at radius 1 is 1.00 bits per heavy atom. The summed E-state index contributed by atoms with van der Waals surface area (Å²) in [5.41, 5.74) is 8.78. The fraction of sp³-hybridized carbons (Fsp3) is 0.133. The van der Waals surface area contributed by atoms with Crippen molar-refractivity contribution in [3.8, 4) is 5.75 Å². The van der Waals surface area contributed by atoms with E-state index in [9.17, 15) is 17.6 Å². The number of halogens is 1. The molecule has 1 atom stereocenters. The van der Waals surface area contributed by atoms with Gasteiger partial charge < -0.3 is 10.5 Å². The Hall–Kier alpha value is -4.54. The average molecular weight is 559 g/mol. The van der Waals surface area contributed by atoms with Crippen molar-refractivity contribution in [2.45, 2.75) is 30.9 Å². The van der Waals surface area contributed by atoms with Gasteiger partial charge in [-0.25, -0.2) is 12.8 Å². The van der Waals surface area contributed by atoms with Gasteiger partial charge in [-0.2, -0.15) is 9.40 Å². The third-order valence-corrected chi connectivity index (χ3v) is 8.14. The number of aromatic amines is 1. The van der Waals surface area contributed by atoms with E-state index in [0.29, 0.717) is 26.5 Å². The average Bonchev–Trinajstić information content (AvgIpc) is 3.36. The Morgan fingerprint density at radius 3 is 2.42 bits per heavy atom. The van der Waals surface area contributed by atoms with Gasteiger partial charge in [-0.05, 0) is 55.3 Å². The number of amides is 1. The molecule has 0 saturated carbocycles. The Balaban J connectivity index is 1.55. The molecule has 0 unspecified atom stereocenters. The van der Waals surface area contributed by atoms with Crippen molar-refractivity contribution in [1.82, 2.24) is 10.2 Å². The molecular weight excluding hydrogens is 531 g/mol. The lowest BCUT2D eigenvalue weighted by Crippen LogP contribution is -2.48. The Morgan fingerprint density at radius 2 is 1.70 bits per heavy atom. The van der Waals surface area contributed by atoms with Crippen LogP contribution in [-0.4, -0.2) is 30.6 Å². The molecule has 1 aromatic heterocycles. The molecule has 8 nitrogen and oxygen atoms in total. The fourth-order valence-electron chi connectivity index (χ4n) is 4.26. The van der Waals surface area contributed by atoms with E-state index in [-0.39, 0.29) is 23.7 Å². The first-order valence-corrected chi connectivity index (χ1v) is 14.0. The van der Waals surface area contributed by atoms with Crippen molar-refractivity contribution >= 4 is 32.7 Å². The first-order valence-electron chi connectivity index (χ1n) is 12.5. The van der Waals surface area contributed by atoms with Crippen LogP contribution in [-0.2, 0) is 27.8 Å². The number of sulfonamides is 1. The number of carbonyl (C=O) groups excluding carboxylic acids is 1. The number of carbonyl (C=O) groups is 1. The van der Waals surface area contributed by atoms with Gasteiger partial charge in [-0.3, -0.25) is 9.89 Å². The highest BCUT2D eigenvalue weighted by Gasteiger charge is 2.37. The number of ether oxygens (including phenoxy) is 1. The number of nitrogens with zero attached hydrogens (tertiary/aromatic N) is 2. The van der Waals surface area contributed by atoms with Crippen LogP contribution >= 0.6 is 0 Å². The molecule has 0 radical (unpaired) electrons. The van der Waals surface area contributed by atoms with Crippen LogP contribution in [0.1, 0.15) is 16.7 Å². The summed E-state index contributed by atoms with van der Waals surface area (Å²) in [4.78, 5) is 13.7. The number of anilines is 1.